The highest BCUT2D eigenvalue weighted by molar-refractivity contribution is 6.50. The number of methoxy groups -OCH3 is 2. The van der Waals surface area contributed by atoms with Crippen LogP contribution in [-0.2, 0) is 25.5 Å². The minimum Gasteiger partial charge on any atom is -0.492 e. The number of benzene rings is 1. The summed E-state index contributed by atoms with van der Waals surface area (Å²) in [6.07, 6.45) is 9.97. The van der Waals surface area contributed by atoms with E-state index in [1.54, 1.807) is 6.07 Å². The van der Waals surface area contributed by atoms with Gasteiger partial charge < -0.3 is 14.2 Å². The highest BCUT2D eigenvalue weighted by atomic mass is 16.5. The first kappa shape index (κ1) is 20.1. The van der Waals surface area contributed by atoms with Crippen molar-refractivity contribution in [3.8, 4) is 5.75 Å². The molecule has 6 heteroatoms. The molecule has 0 atom stereocenters. The molecule has 0 aromatic heterocycles. The fourth-order valence-corrected chi connectivity index (χ4v) is 4.27. The number of carbonyl (C=O) groups is 3. The third-order valence-corrected chi connectivity index (χ3v) is 5.89. The molecule has 0 radical (unpaired) electrons. The van der Waals surface area contributed by atoms with Gasteiger partial charge in [0.15, 0.2) is 17.3 Å². The molecule has 6 nitrogen and oxygen atoms in total. The fourth-order valence-electron chi connectivity index (χ4n) is 4.27. The van der Waals surface area contributed by atoms with Crippen molar-refractivity contribution in [3.05, 3.63) is 64.3 Å². The van der Waals surface area contributed by atoms with Crippen molar-refractivity contribution >= 4 is 17.3 Å². The zero-order chi connectivity index (χ0) is 21.3. The van der Waals surface area contributed by atoms with E-state index in [0.29, 0.717) is 11.7 Å². The second-order valence-electron chi connectivity index (χ2n) is 7.84. The van der Waals surface area contributed by atoms with Crippen molar-refractivity contribution in [1.82, 2.24) is 0 Å². The van der Waals surface area contributed by atoms with Crippen molar-refractivity contribution in [2.45, 2.75) is 38.5 Å². The number of hydrogen-bond donors (Lipinski definition) is 0. The summed E-state index contributed by atoms with van der Waals surface area (Å²) in [5.41, 5.74) is 1.62. The standard InChI is InChI=1S/C24H24O6/c1-28-19-12-16(13-20(29-2)22(19)26)24-23(27)21(25)17-9-8-15(11-18(17)30-24)10-14-6-4-3-5-7-14/h8-9,11-14H,3-7,10H2,1-2H3. The molecule has 1 fully saturated rings. The monoisotopic (exact) mass is 408 g/mol. The van der Waals surface area contributed by atoms with Gasteiger partial charge in [0, 0.05) is 5.57 Å². The highest BCUT2D eigenvalue weighted by Crippen LogP contribution is 2.34. The summed E-state index contributed by atoms with van der Waals surface area (Å²) in [6.45, 7) is 0. The molecule has 0 amide bonds. The maximum Gasteiger partial charge on any atom is 0.269 e. The van der Waals surface area contributed by atoms with Gasteiger partial charge in [-0.1, -0.05) is 38.2 Å². The molecule has 1 aliphatic heterocycles. The molecular weight excluding hydrogens is 384 g/mol. The van der Waals surface area contributed by atoms with Gasteiger partial charge in [-0.2, -0.15) is 0 Å². The van der Waals surface area contributed by atoms with E-state index in [2.05, 4.69) is 0 Å². The number of rotatable bonds is 4. The van der Waals surface area contributed by atoms with Crippen LogP contribution in [0.5, 0.6) is 5.75 Å². The van der Waals surface area contributed by atoms with E-state index in [9.17, 15) is 14.4 Å². The van der Waals surface area contributed by atoms with Crippen LogP contribution in [0.2, 0.25) is 0 Å². The van der Waals surface area contributed by atoms with Gasteiger partial charge in [-0.05, 0) is 42.2 Å². The maximum atomic E-state index is 12.7. The Morgan fingerprint density at radius 3 is 2.20 bits per heavy atom. The topological polar surface area (TPSA) is 78.9 Å². The largest absolute Gasteiger partial charge is 0.492 e. The zero-order valence-corrected chi connectivity index (χ0v) is 17.2. The summed E-state index contributed by atoms with van der Waals surface area (Å²) < 4.78 is 16.1. The van der Waals surface area contributed by atoms with E-state index >= 15 is 0 Å². The minimum atomic E-state index is -0.759. The average molecular weight is 408 g/mol. The zero-order valence-electron chi connectivity index (χ0n) is 17.2. The first-order chi connectivity index (χ1) is 14.5. The molecule has 2 aliphatic carbocycles. The molecule has 0 bridgehead atoms. The lowest BCUT2D eigenvalue weighted by molar-refractivity contribution is -0.118. The smallest absolute Gasteiger partial charge is 0.269 e. The van der Waals surface area contributed by atoms with Crippen LogP contribution < -0.4 is 4.74 Å². The third kappa shape index (κ3) is 3.70. The van der Waals surface area contributed by atoms with Crippen LogP contribution in [0, 0.1) is 5.92 Å². The van der Waals surface area contributed by atoms with E-state index < -0.39 is 17.3 Å². The number of Topliss-reactive ketones (excluding diaryl/α,β-unsaturated/α-hetero) is 3. The molecule has 3 aliphatic rings. The summed E-state index contributed by atoms with van der Waals surface area (Å²) in [7, 11) is 2.71. The first-order valence-corrected chi connectivity index (χ1v) is 10.2. The fraction of sp³-hybridized carbons (Fsp3) is 0.375. The summed E-state index contributed by atoms with van der Waals surface area (Å²) >= 11 is 0. The average Bonchev–Trinajstić information content (AvgIpc) is 2.77. The van der Waals surface area contributed by atoms with Crippen molar-refractivity contribution in [2.24, 2.45) is 5.92 Å². The molecule has 4 rings (SSSR count). The molecule has 1 saturated carbocycles. The molecule has 1 aromatic rings. The van der Waals surface area contributed by atoms with Gasteiger partial charge in [0.1, 0.15) is 5.75 Å². The Labute approximate surface area is 175 Å². The predicted molar refractivity (Wildman–Crippen MR) is 109 cm³/mol. The Bertz CT molecular complexity index is 979. The summed E-state index contributed by atoms with van der Waals surface area (Å²) in [4.78, 5) is 37.6. The molecule has 156 valence electrons. The van der Waals surface area contributed by atoms with E-state index in [1.807, 2.05) is 12.1 Å². The Kier molecular flexibility index (Phi) is 5.57. The minimum absolute atomic E-state index is 0.0116. The van der Waals surface area contributed by atoms with Crippen molar-refractivity contribution in [2.75, 3.05) is 14.2 Å². The predicted octanol–water partition coefficient (Wildman–Crippen LogP) is 3.85. The van der Waals surface area contributed by atoms with Gasteiger partial charge in [-0.3, -0.25) is 14.4 Å². The second kappa shape index (κ2) is 8.30. The van der Waals surface area contributed by atoms with Gasteiger partial charge in [0.25, 0.3) is 11.6 Å². The van der Waals surface area contributed by atoms with Gasteiger partial charge in [0.2, 0.25) is 5.78 Å². The second-order valence-corrected chi connectivity index (χ2v) is 7.84. The summed E-state index contributed by atoms with van der Waals surface area (Å²) in [5, 5.41) is 0. The molecule has 0 spiro atoms. The lowest BCUT2D eigenvalue weighted by Crippen LogP contribution is -2.28. The van der Waals surface area contributed by atoms with E-state index in [1.165, 1.54) is 58.5 Å². The maximum absolute atomic E-state index is 12.7. The Morgan fingerprint density at radius 1 is 0.900 bits per heavy atom. The van der Waals surface area contributed by atoms with Gasteiger partial charge >= 0.3 is 0 Å². The molecule has 1 aromatic carbocycles. The SMILES string of the molecule is COC1=CC(=C2Oc3cc(CC4CCCCC4)ccc3C(=O)C2=O)C=C(OC)C1=O. The number of carbonyl (C=O) groups excluding carboxylic acids is 3. The van der Waals surface area contributed by atoms with Crippen molar-refractivity contribution in [1.29, 1.82) is 0 Å². The van der Waals surface area contributed by atoms with Crippen LogP contribution in [-0.4, -0.2) is 31.6 Å². The van der Waals surface area contributed by atoms with Crippen LogP contribution in [0.25, 0.3) is 0 Å². The van der Waals surface area contributed by atoms with Gasteiger partial charge in [-0.15, -0.1) is 0 Å². The van der Waals surface area contributed by atoms with Crippen molar-refractivity contribution in [3.63, 3.8) is 0 Å². The highest BCUT2D eigenvalue weighted by Gasteiger charge is 2.35. The first-order valence-electron chi connectivity index (χ1n) is 10.2. The number of allylic oxidation sites excluding steroid dienone is 4. The van der Waals surface area contributed by atoms with Crippen molar-refractivity contribution < 1.29 is 28.6 Å². The van der Waals surface area contributed by atoms with Crippen LogP contribution >= 0.6 is 0 Å². The van der Waals surface area contributed by atoms with Gasteiger partial charge in [-0.25, -0.2) is 0 Å². The lowest BCUT2D eigenvalue weighted by atomic mass is 9.84. The molecule has 0 N–H and O–H groups in total. The Hall–Kier alpha value is -3.15. The van der Waals surface area contributed by atoms with Crippen LogP contribution in [0.4, 0.5) is 0 Å². The number of ether oxygens (including phenoxy) is 3. The van der Waals surface area contributed by atoms with Crippen LogP contribution in [0.3, 0.4) is 0 Å². The molecular formula is C24H24O6. The molecule has 1 heterocycles. The number of ketones is 3. The number of hydrogen-bond acceptors (Lipinski definition) is 6. The Morgan fingerprint density at radius 2 is 1.57 bits per heavy atom. The summed E-state index contributed by atoms with van der Waals surface area (Å²) in [6, 6.07) is 5.43. The lowest BCUT2D eigenvalue weighted by Gasteiger charge is -2.24. The van der Waals surface area contributed by atoms with Crippen LogP contribution in [0.1, 0.15) is 48.0 Å². The summed E-state index contributed by atoms with van der Waals surface area (Å²) in [5.74, 6) is -0.917. The van der Waals surface area contributed by atoms with Gasteiger partial charge in [0.05, 0.1) is 19.8 Å². The van der Waals surface area contributed by atoms with Crippen LogP contribution in [0.15, 0.2) is 53.2 Å². The molecule has 30 heavy (non-hydrogen) atoms. The normalized spacial score (nSPS) is 19.7. The molecule has 0 saturated heterocycles. The van der Waals surface area contributed by atoms with E-state index in [0.717, 1.165) is 12.0 Å². The Balaban J connectivity index is 1.70. The quantitative estimate of drug-likeness (QED) is 0.556. The third-order valence-electron chi connectivity index (χ3n) is 5.89. The van der Waals surface area contributed by atoms with E-state index in [4.69, 9.17) is 14.2 Å². The van der Waals surface area contributed by atoms with E-state index in [-0.39, 0.29) is 28.4 Å². The molecule has 0 unspecified atom stereocenters. The number of fused-ring (bicyclic) bond motifs is 1.